The van der Waals surface area contributed by atoms with Crippen LogP contribution in [0, 0.1) is 0 Å². The van der Waals surface area contributed by atoms with Gasteiger partial charge >= 0.3 is 0 Å². The fraction of sp³-hybridized carbons (Fsp3) is 0.526. The summed E-state index contributed by atoms with van der Waals surface area (Å²) < 4.78 is 15.8. The van der Waals surface area contributed by atoms with E-state index in [0.29, 0.717) is 24.1 Å². The standard InChI is InChI=1S/C19H28N2O4/c1-23-14-13-21(16-8-9-16)12-11-20-18(22)10-7-15-5-4-6-17(24-2)19(15)25-3/h4-7,10,16H,8-9,11-14H2,1-3H3,(H,20,22)/b10-7+. The van der Waals surface area contributed by atoms with Crippen molar-refractivity contribution in [3.63, 3.8) is 0 Å². The van der Waals surface area contributed by atoms with Crippen molar-refractivity contribution >= 4 is 12.0 Å². The van der Waals surface area contributed by atoms with E-state index in [0.717, 1.165) is 25.3 Å². The molecule has 1 saturated carbocycles. The topological polar surface area (TPSA) is 60.0 Å². The van der Waals surface area contributed by atoms with Gasteiger partial charge < -0.3 is 19.5 Å². The zero-order valence-corrected chi connectivity index (χ0v) is 15.3. The van der Waals surface area contributed by atoms with Gasteiger partial charge in [-0.1, -0.05) is 12.1 Å². The third-order valence-electron chi connectivity index (χ3n) is 4.19. The Hall–Kier alpha value is -2.05. The SMILES string of the molecule is COCCN(CCNC(=O)/C=C/c1cccc(OC)c1OC)C1CC1. The van der Waals surface area contributed by atoms with E-state index in [1.807, 2.05) is 18.2 Å². The van der Waals surface area contributed by atoms with Gasteiger partial charge in [0.1, 0.15) is 0 Å². The summed E-state index contributed by atoms with van der Waals surface area (Å²) in [7, 11) is 4.89. The highest BCUT2D eigenvalue weighted by atomic mass is 16.5. The number of rotatable bonds is 11. The molecular formula is C19H28N2O4. The summed E-state index contributed by atoms with van der Waals surface area (Å²) in [5, 5.41) is 2.93. The first-order valence-electron chi connectivity index (χ1n) is 8.59. The number of amides is 1. The normalized spacial score (nSPS) is 14.1. The quantitative estimate of drug-likeness (QED) is 0.620. The Morgan fingerprint density at radius 2 is 2.04 bits per heavy atom. The van der Waals surface area contributed by atoms with Crippen molar-refractivity contribution in [3.8, 4) is 11.5 Å². The van der Waals surface area contributed by atoms with Crippen LogP contribution in [0.1, 0.15) is 18.4 Å². The molecule has 1 aliphatic carbocycles. The molecule has 6 nitrogen and oxygen atoms in total. The van der Waals surface area contributed by atoms with Crippen LogP contribution in [-0.4, -0.2) is 64.4 Å². The molecule has 1 aromatic carbocycles. The fourth-order valence-electron chi connectivity index (χ4n) is 2.72. The van der Waals surface area contributed by atoms with Gasteiger partial charge in [-0.05, 0) is 25.0 Å². The monoisotopic (exact) mass is 348 g/mol. The van der Waals surface area contributed by atoms with Crippen molar-refractivity contribution < 1.29 is 19.0 Å². The second kappa shape index (κ2) is 10.1. The predicted molar refractivity (Wildman–Crippen MR) is 98.1 cm³/mol. The van der Waals surface area contributed by atoms with E-state index in [4.69, 9.17) is 14.2 Å². The van der Waals surface area contributed by atoms with Crippen molar-refractivity contribution in [2.75, 3.05) is 47.6 Å². The molecule has 0 heterocycles. The number of carbonyl (C=O) groups is 1. The first-order valence-corrected chi connectivity index (χ1v) is 8.59. The number of methoxy groups -OCH3 is 3. The van der Waals surface area contributed by atoms with Crippen LogP contribution in [0.3, 0.4) is 0 Å². The lowest BCUT2D eigenvalue weighted by atomic mass is 10.1. The lowest BCUT2D eigenvalue weighted by Crippen LogP contribution is -2.37. The van der Waals surface area contributed by atoms with Gasteiger partial charge in [-0.25, -0.2) is 0 Å². The van der Waals surface area contributed by atoms with Crippen LogP contribution < -0.4 is 14.8 Å². The van der Waals surface area contributed by atoms with E-state index in [1.165, 1.54) is 18.9 Å². The Balaban J connectivity index is 1.82. The molecule has 138 valence electrons. The summed E-state index contributed by atoms with van der Waals surface area (Å²) in [6.07, 6.45) is 5.74. The molecule has 1 aromatic rings. The predicted octanol–water partition coefficient (Wildman–Crippen LogP) is 1.94. The molecule has 1 aliphatic rings. The number of nitrogens with one attached hydrogen (secondary N) is 1. The molecular weight excluding hydrogens is 320 g/mol. The van der Waals surface area contributed by atoms with Crippen molar-refractivity contribution in [2.24, 2.45) is 0 Å². The Morgan fingerprint density at radius 3 is 2.68 bits per heavy atom. The molecule has 0 unspecified atom stereocenters. The lowest BCUT2D eigenvalue weighted by Gasteiger charge is -2.21. The first kappa shape index (κ1) is 19.3. The minimum Gasteiger partial charge on any atom is -0.493 e. The van der Waals surface area contributed by atoms with Gasteiger partial charge in [0.25, 0.3) is 0 Å². The van der Waals surface area contributed by atoms with E-state index < -0.39 is 0 Å². The molecule has 2 rings (SSSR count). The molecule has 0 radical (unpaired) electrons. The summed E-state index contributed by atoms with van der Waals surface area (Å²) in [5.41, 5.74) is 0.803. The lowest BCUT2D eigenvalue weighted by molar-refractivity contribution is -0.116. The molecule has 1 amide bonds. The summed E-state index contributed by atoms with van der Waals surface area (Å²) in [4.78, 5) is 14.4. The summed E-state index contributed by atoms with van der Waals surface area (Å²) >= 11 is 0. The second-order valence-electron chi connectivity index (χ2n) is 5.97. The van der Waals surface area contributed by atoms with Crippen LogP contribution in [0.2, 0.25) is 0 Å². The zero-order chi connectivity index (χ0) is 18.1. The number of hydrogen-bond acceptors (Lipinski definition) is 5. The molecule has 0 saturated heterocycles. The molecule has 6 heteroatoms. The highest BCUT2D eigenvalue weighted by Gasteiger charge is 2.28. The van der Waals surface area contributed by atoms with Crippen molar-refractivity contribution in [2.45, 2.75) is 18.9 Å². The highest BCUT2D eigenvalue weighted by molar-refractivity contribution is 5.92. The Kier molecular flexibility index (Phi) is 7.76. The third kappa shape index (κ3) is 6.07. The van der Waals surface area contributed by atoms with E-state index >= 15 is 0 Å². The van der Waals surface area contributed by atoms with E-state index in [1.54, 1.807) is 27.4 Å². The second-order valence-corrected chi connectivity index (χ2v) is 5.97. The number of nitrogens with zero attached hydrogens (tertiary/aromatic N) is 1. The molecule has 0 bridgehead atoms. The maximum Gasteiger partial charge on any atom is 0.244 e. The largest absolute Gasteiger partial charge is 0.493 e. The van der Waals surface area contributed by atoms with E-state index in [9.17, 15) is 4.79 Å². The molecule has 0 spiro atoms. The van der Waals surface area contributed by atoms with Crippen LogP contribution in [0.4, 0.5) is 0 Å². The first-order chi connectivity index (χ1) is 12.2. The fourth-order valence-corrected chi connectivity index (χ4v) is 2.72. The zero-order valence-electron chi connectivity index (χ0n) is 15.3. The number of carbonyl (C=O) groups excluding carboxylic acids is 1. The summed E-state index contributed by atoms with van der Waals surface area (Å²) in [5.74, 6) is 1.14. The van der Waals surface area contributed by atoms with Gasteiger partial charge in [-0.3, -0.25) is 9.69 Å². The van der Waals surface area contributed by atoms with Crippen LogP contribution >= 0.6 is 0 Å². The van der Waals surface area contributed by atoms with Crippen molar-refractivity contribution in [1.82, 2.24) is 10.2 Å². The van der Waals surface area contributed by atoms with E-state index in [-0.39, 0.29) is 5.91 Å². The average Bonchev–Trinajstić information content (AvgIpc) is 3.47. The summed E-state index contributed by atoms with van der Waals surface area (Å²) in [6, 6.07) is 6.22. The van der Waals surface area contributed by atoms with Gasteiger partial charge in [0.2, 0.25) is 5.91 Å². The Morgan fingerprint density at radius 1 is 1.24 bits per heavy atom. The Labute approximate surface area is 149 Å². The minimum absolute atomic E-state index is 0.118. The molecule has 0 aromatic heterocycles. The minimum atomic E-state index is -0.118. The highest BCUT2D eigenvalue weighted by Crippen LogP contribution is 2.31. The van der Waals surface area contributed by atoms with Crippen molar-refractivity contribution in [1.29, 1.82) is 0 Å². The third-order valence-corrected chi connectivity index (χ3v) is 4.19. The number of hydrogen-bond donors (Lipinski definition) is 1. The molecule has 1 fully saturated rings. The molecule has 1 N–H and O–H groups in total. The summed E-state index contributed by atoms with van der Waals surface area (Å²) in [6.45, 7) is 3.10. The van der Waals surface area contributed by atoms with Crippen LogP contribution in [0.15, 0.2) is 24.3 Å². The molecule has 0 atom stereocenters. The van der Waals surface area contributed by atoms with Crippen LogP contribution in [0.25, 0.3) is 6.08 Å². The molecule has 0 aliphatic heterocycles. The number of ether oxygens (including phenoxy) is 3. The van der Waals surface area contributed by atoms with Gasteiger partial charge in [-0.15, -0.1) is 0 Å². The van der Waals surface area contributed by atoms with Crippen molar-refractivity contribution in [3.05, 3.63) is 29.8 Å². The van der Waals surface area contributed by atoms with Gasteiger partial charge in [-0.2, -0.15) is 0 Å². The van der Waals surface area contributed by atoms with Gasteiger partial charge in [0, 0.05) is 44.4 Å². The van der Waals surface area contributed by atoms with Gasteiger partial charge in [0.15, 0.2) is 11.5 Å². The Bertz CT molecular complexity index is 585. The van der Waals surface area contributed by atoms with E-state index in [2.05, 4.69) is 10.2 Å². The van der Waals surface area contributed by atoms with Crippen LogP contribution in [-0.2, 0) is 9.53 Å². The number of benzene rings is 1. The maximum atomic E-state index is 12.0. The average molecular weight is 348 g/mol. The smallest absolute Gasteiger partial charge is 0.244 e. The van der Waals surface area contributed by atoms with Crippen LogP contribution in [0.5, 0.6) is 11.5 Å². The van der Waals surface area contributed by atoms with Gasteiger partial charge in [0.05, 0.1) is 20.8 Å². The number of para-hydroxylation sites is 1. The maximum absolute atomic E-state index is 12.0. The molecule has 25 heavy (non-hydrogen) atoms.